The van der Waals surface area contributed by atoms with Crippen LogP contribution in [-0.4, -0.2) is 57.0 Å². The molecule has 6 aliphatic rings. The standard InChI is InChI=1S/C29H41N3O3/c1-32-9-8-29(22-4-5-24(34-2)25(13-22)35-3)7-6-23(14-26(29)32)30-18-31-27(33)28-15-19-10-20(16-28)12-21(11-19)17-28/h4-5,13,19-21,26H,6-12,14-18H2,1-3H3,(H,31,33)/b30-23+/t19?,20?,21?,26-,28?,29-/m0/s1. The summed E-state index contributed by atoms with van der Waals surface area (Å²) in [6.45, 7) is 1.53. The number of aliphatic imine (C=N–C) groups is 1. The smallest absolute Gasteiger partial charge is 0.227 e. The molecule has 6 nitrogen and oxygen atoms in total. The molecule has 2 atom stereocenters. The van der Waals surface area contributed by atoms with Crippen LogP contribution in [0.15, 0.2) is 23.2 Å². The van der Waals surface area contributed by atoms with E-state index >= 15 is 0 Å². The zero-order valence-corrected chi connectivity index (χ0v) is 21.6. The van der Waals surface area contributed by atoms with E-state index in [2.05, 4.69) is 29.4 Å². The van der Waals surface area contributed by atoms with E-state index in [4.69, 9.17) is 14.5 Å². The van der Waals surface area contributed by atoms with Crippen molar-refractivity contribution in [2.75, 3.05) is 34.5 Å². The zero-order chi connectivity index (χ0) is 24.2. The van der Waals surface area contributed by atoms with Gasteiger partial charge in [-0.1, -0.05) is 6.07 Å². The lowest BCUT2D eigenvalue weighted by atomic mass is 9.49. The first-order valence-electron chi connectivity index (χ1n) is 13.7. The Morgan fingerprint density at radius 2 is 1.74 bits per heavy atom. The van der Waals surface area contributed by atoms with Gasteiger partial charge in [-0.05, 0) is 107 Å². The fraction of sp³-hybridized carbons (Fsp3) is 0.724. The Labute approximate surface area is 209 Å². The third-order valence-electron chi connectivity index (χ3n) is 10.4. The van der Waals surface area contributed by atoms with E-state index < -0.39 is 0 Å². The highest BCUT2D eigenvalue weighted by Crippen LogP contribution is 2.60. The second-order valence-corrected chi connectivity index (χ2v) is 12.3. The molecule has 1 N–H and O–H groups in total. The minimum atomic E-state index is -0.0876. The molecule has 7 rings (SSSR count). The molecule has 6 fully saturated rings. The highest BCUT2D eigenvalue weighted by molar-refractivity contribution is 5.87. The molecule has 190 valence electrons. The van der Waals surface area contributed by atoms with Crippen LogP contribution in [0.3, 0.4) is 0 Å². The maximum atomic E-state index is 13.3. The van der Waals surface area contributed by atoms with Gasteiger partial charge in [0, 0.05) is 23.6 Å². The van der Waals surface area contributed by atoms with Crippen LogP contribution in [0.5, 0.6) is 11.5 Å². The van der Waals surface area contributed by atoms with Gasteiger partial charge in [0.2, 0.25) is 5.91 Å². The number of nitrogens with one attached hydrogen (secondary N) is 1. The molecule has 0 unspecified atom stereocenters. The van der Waals surface area contributed by atoms with Crippen molar-refractivity contribution in [1.29, 1.82) is 0 Å². The van der Waals surface area contributed by atoms with Crippen LogP contribution in [-0.2, 0) is 10.2 Å². The van der Waals surface area contributed by atoms with Crippen molar-refractivity contribution < 1.29 is 14.3 Å². The summed E-state index contributed by atoms with van der Waals surface area (Å²) in [4.78, 5) is 20.8. The summed E-state index contributed by atoms with van der Waals surface area (Å²) in [5.41, 5.74) is 2.63. The SMILES string of the molecule is COc1ccc([C@@]23CC/C(=N\CNC(=O)C45CC6CC(CC(C6)C4)C5)C[C@@H]2N(C)CC3)cc1OC. The van der Waals surface area contributed by atoms with Crippen molar-refractivity contribution in [3.8, 4) is 11.5 Å². The first-order chi connectivity index (χ1) is 16.9. The molecule has 6 heteroatoms. The molecular weight excluding hydrogens is 438 g/mol. The highest BCUT2D eigenvalue weighted by Gasteiger charge is 2.54. The first-order valence-corrected chi connectivity index (χ1v) is 13.7. The topological polar surface area (TPSA) is 63.2 Å². The normalized spacial score (nSPS) is 39.0. The number of carbonyl (C=O) groups is 1. The van der Waals surface area contributed by atoms with Crippen molar-refractivity contribution in [3.63, 3.8) is 0 Å². The fourth-order valence-electron chi connectivity index (χ4n) is 9.03. The largest absolute Gasteiger partial charge is 0.493 e. The second-order valence-electron chi connectivity index (χ2n) is 12.3. The summed E-state index contributed by atoms with van der Waals surface area (Å²) in [5, 5.41) is 3.26. The number of methoxy groups -OCH3 is 2. The fourth-order valence-corrected chi connectivity index (χ4v) is 9.03. The molecular formula is C29H41N3O3. The van der Waals surface area contributed by atoms with Crippen LogP contribution in [0.2, 0.25) is 0 Å². The lowest BCUT2D eigenvalue weighted by molar-refractivity contribution is -0.146. The Bertz CT molecular complexity index is 985. The Kier molecular flexibility index (Phi) is 5.86. The number of benzene rings is 1. The van der Waals surface area contributed by atoms with Gasteiger partial charge >= 0.3 is 0 Å². The molecule has 1 saturated heterocycles. The molecule has 0 spiro atoms. The minimum absolute atomic E-state index is 0.0876. The number of carbonyl (C=O) groups excluding carboxylic acids is 1. The van der Waals surface area contributed by atoms with Crippen LogP contribution in [0, 0.1) is 23.2 Å². The van der Waals surface area contributed by atoms with Gasteiger partial charge < -0.3 is 19.7 Å². The molecule has 0 radical (unpaired) electrons. The van der Waals surface area contributed by atoms with Gasteiger partial charge in [0.1, 0.15) is 6.67 Å². The number of hydrogen-bond acceptors (Lipinski definition) is 5. The Hall–Kier alpha value is -2.08. The number of nitrogens with zero attached hydrogens (tertiary/aromatic N) is 2. The molecule has 4 bridgehead atoms. The number of likely N-dealkylation sites (tertiary alicyclic amines) is 1. The van der Waals surface area contributed by atoms with Gasteiger partial charge in [-0.2, -0.15) is 0 Å². The summed E-state index contributed by atoms with van der Waals surface area (Å²) >= 11 is 0. The van der Waals surface area contributed by atoms with E-state index in [9.17, 15) is 4.79 Å². The van der Waals surface area contributed by atoms with Crippen LogP contribution in [0.4, 0.5) is 0 Å². The van der Waals surface area contributed by atoms with Crippen molar-refractivity contribution in [2.45, 2.75) is 75.7 Å². The first kappa shape index (κ1) is 23.3. The van der Waals surface area contributed by atoms with Gasteiger partial charge in [0.05, 0.1) is 19.6 Å². The van der Waals surface area contributed by atoms with Crippen LogP contribution < -0.4 is 14.8 Å². The summed E-state index contributed by atoms with van der Waals surface area (Å²) in [6.07, 6.45) is 11.6. The maximum absolute atomic E-state index is 13.3. The number of ether oxygens (including phenoxy) is 2. The van der Waals surface area contributed by atoms with Gasteiger partial charge in [-0.15, -0.1) is 0 Å². The van der Waals surface area contributed by atoms with E-state index in [1.54, 1.807) is 14.2 Å². The number of hydrogen-bond donors (Lipinski definition) is 1. The van der Waals surface area contributed by atoms with E-state index in [0.717, 1.165) is 80.7 Å². The molecule has 1 heterocycles. The highest BCUT2D eigenvalue weighted by atomic mass is 16.5. The average Bonchev–Trinajstić information content (AvgIpc) is 3.19. The van der Waals surface area contributed by atoms with Crippen molar-refractivity contribution in [2.24, 2.45) is 28.2 Å². The quantitative estimate of drug-likeness (QED) is 0.650. The van der Waals surface area contributed by atoms with E-state index in [1.807, 2.05) is 6.07 Å². The maximum Gasteiger partial charge on any atom is 0.227 e. The van der Waals surface area contributed by atoms with Gasteiger partial charge in [-0.3, -0.25) is 9.79 Å². The van der Waals surface area contributed by atoms with Crippen LogP contribution in [0.1, 0.15) is 69.8 Å². The van der Waals surface area contributed by atoms with Crippen molar-refractivity contribution in [1.82, 2.24) is 10.2 Å². The molecule has 1 aliphatic heterocycles. The van der Waals surface area contributed by atoms with E-state index in [1.165, 1.54) is 30.5 Å². The molecule has 5 saturated carbocycles. The average molecular weight is 480 g/mol. The summed E-state index contributed by atoms with van der Waals surface area (Å²) in [6, 6.07) is 6.87. The third kappa shape index (κ3) is 3.87. The van der Waals surface area contributed by atoms with Crippen LogP contribution >= 0.6 is 0 Å². The summed E-state index contributed by atoms with van der Waals surface area (Å²) in [7, 11) is 5.64. The second kappa shape index (κ2) is 8.79. The lowest BCUT2D eigenvalue weighted by Gasteiger charge is -2.55. The number of likely N-dealkylation sites (N-methyl/N-ethyl adjacent to an activating group) is 1. The van der Waals surface area contributed by atoms with E-state index in [-0.39, 0.29) is 16.7 Å². The number of fused-ring (bicyclic) bond motifs is 1. The molecule has 0 aromatic heterocycles. The predicted molar refractivity (Wildman–Crippen MR) is 137 cm³/mol. The number of amides is 1. The molecule has 35 heavy (non-hydrogen) atoms. The molecule has 5 aliphatic carbocycles. The van der Waals surface area contributed by atoms with E-state index in [0.29, 0.717) is 12.7 Å². The lowest BCUT2D eigenvalue weighted by Crippen LogP contribution is -2.53. The van der Waals surface area contributed by atoms with Crippen molar-refractivity contribution >= 4 is 11.6 Å². The summed E-state index contributed by atoms with van der Waals surface area (Å²) < 4.78 is 11.1. The molecule has 1 aromatic rings. The Morgan fingerprint density at radius 1 is 1.06 bits per heavy atom. The van der Waals surface area contributed by atoms with Gasteiger partial charge in [0.25, 0.3) is 0 Å². The van der Waals surface area contributed by atoms with Crippen LogP contribution in [0.25, 0.3) is 0 Å². The predicted octanol–water partition coefficient (Wildman–Crippen LogP) is 4.56. The summed E-state index contributed by atoms with van der Waals surface area (Å²) in [5.74, 6) is 4.25. The zero-order valence-electron chi connectivity index (χ0n) is 21.6. The monoisotopic (exact) mass is 479 g/mol. The third-order valence-corrected chi connectivity index (χ3v) is 10.4. The Balaban J connectivity index is 1.13. The molecule has 1 aromatic carbocycles. The van der Waals surface area contributed by atoms with Gasteiger partial charge in [0.15, 0.2) is 11.5 Å². The number of rotatable bonds is 6. The Morgan fingerprint density at radius 3 is 2.40 bits per heavy atom. The minimum Gasteiger partial charge on any atom is -0.493 e. The van der Waals surface area contributed by atoms with Crippen molar-refractivity contribution in [3.05, 3.63) is 23.8 Å². The molecule has 1 amide bonds. The van der Waals surface area contributed by atoms with Gasteiger partial charge in [-0.25, -0.2) is 0 Å².